The minimum atomic E-state index is -0.0616. The van der Waals surface area contributed by atoms with Crippen molar-refractivity contribution in [2.45, 2.75) is 101 Å². The number of ether oxygens (including phenoxy) is 1. The van der Waals surface area contributed by atoms with Crippen molar-refractivity contribution < 1.29 is 9.53 Å². The zero-order valence-corrected chi connectivity index (χ0v) is 19.7. The van der Waals surface area contributed by atoms with Gasteiger partial charge in [0.05, 0.1) is 0 Å². The van der Waals surface area contributed by atoms with Crippen LogP contribution in [0.15, 0.2) is 0 Å². The summed E-state index contributed by atoms with van der Waals surface area (Å²) in [6.45, 7) is 21.4. The maximum atomic E-state index is 12.7. The van der Waals surface area contributed by atoms with Crippen LogP contribution in [0.25, 0.3) is 0 Å². The van der Waals surface area contributed by atoms with Gasteiger partial charge in [0.1, 0.15) is 6.10 Å². The van der Waals surface area contributed by atoms with Crippen LogP contribution in [0.2, 0.25) is 0 Å². The highest BCUT2D eigenvalue weighted by atomic mass is 16.5. The molecule has 0 aromatic rings. The molecule has 0 aliphatic rings. The van der Waals surface area contributed by atoms with E-state index in [9.17, 15) is 4.79 Å². The van der Waals surface area contributed by atoms with Gasteiger partial charge in [0, 0.05) is 17.3 Å². The number of carbonyl (C=O) groups excluding carboxylic acids is 1. The second-order valence-corrected chi connectivity index (χ2v) is 11.1. The van der Waals surface area contributed by atoms with Crippen molar-refractivity contribution in [3.63, 3.8) is 0 Å². The summed E-state index contributed by atoms with van der Waals surface area (Å²) in [5.74, 6) is 0.544. The Hall–Kier alpha value is -0.570. The summed E-state index contributed by atoms with van der Waals surface area (Å²) >= 11 is 0. The molecular formula is C23H47NO2. The summed E-state index contributed by atoms with van der Waals surface area (Å²) in [4.78, 5) is 14.8. The lowest BCUT2D eigenvalue weighted by molar-refractivity contribution is -0.171. The fraction of sp³-hybridized carbons (Fsp3) is 0.957. The van der Waals surface area contributed by atoms with Crippen molar-refractivity contribution in [3.8, 4) is 0 Å². The lowest BCUT2D eigenvalue weighted by Crippen LogP contribution is -2.48. The third kappa shape index (κ3) is 9.39. The minimum Gasteiger partial charge on any atom is -0.461 e. The summed E-state index contributed by atoms with van der Waals surface area (Å²) in [6.07, 6.45) is 4.42. The molecule has 3 heteroatoms. The van der Waals surface area contributed by atoms with Gasteiger partial charge < -0.3 is 9.64 Å². The lowest BCUT2D eigenvalue weighted by atomic mass is 9.62. The van der Waals surface area contributed by atoms with Gasteiger partial charge in [-0.2, -0.15) is 0 Å². The van der Waals surface area contributed by atoms with Gasteiger partial charge in [-0.1, -0.05) is 62.3 Å². The van der Waals surface area contributed by atoms with E-state index in [0.29, 0.717) is 12.3 Å². The molecule has 0 aliphatic heterocycles. The molecule has 0 spiro atoms. The monoisotopic (exact) mass is 369 g/mol. The van der Waals surface area contributed by atoms with Crippen LogP contribution in [0.5, 0.6) is 0 Å². The van der Waals surface area contributed by atoms with E-state index in [1.807, 2.05) is 14.1 Å². The van der Waals surface area contributed by atoms with Crippen LogP contribution in [-0.4, -0.2) is 37.6 Å². The minimum absolute atomic E-state index is 0.000124. The second kappa shape index (κ2) is 10.1. The fourth-order valence-electron chi connectivity index (χ4n) is 4.80. The Morgan fingerprint density at radius 1 is 1.04 bits per heavy atom. The molecule has 2 atom stereocenters. The van der Waals surface area contributed by atoms with Crippen LogP contribution in [0.1, 0.15) is 94.4 Å². The molecule has 0 saturated carbocycles. The van der Waals surface area contributed by atoms with Crippen molar-refractivity contribution in [2.24, 2.45) is 22.2 Å². The summed E-state index contributed by atoms with van der Waals surface area (Å²) in [5, 5.41) is 0. The van der Waals surface area contributed by atoms with Crippen LogP contribution < -0.4 is 0 Å². The van der Waals surface area contributed by atoms with E-state index in [0.717, 1.165) is 32.2 Å². The Balaban J connectivity index is 5.49. The van der Waals surface area contributed by atoms with Gasteiger partial charge in [-0.15, -0.1) is 0 Å². The van der Waals surface area contributed by atoms with Crippen LogP contribution in [-0.2, 0) is 9.53 Å². The standard InChI is InChI=1S/C23H47NO2/c1-12-23(9,16-18(2)3)20(22(7,8)17-21(4,5)6)26-19(25)14-13-15-24(10)11/h18,20H,12-17H2,1-11H3. The Morgan fingerprint density at radius 2 is 1.58 bits per heavy atom. The first-order chi connectivity index (χ1) is 11.6. The van der Waals surface area contributed by atoms with Crippen molar-refractivity contribution in [1.29, 1.82) is 0 Å². The molecule has 0 amide bonds. The second-order valence-electron chi connectivity index (χ2n) is 11.1. The highest BCUT2D eigenvalue weighted by Gasteiger charge is 2.46. The quantitative estimate of drug-likeness (QED) is 0.408. The van der Waals surface area contributed by atoms with Gasteiger partial charge in [-0.05, 0) is 57.7 Å². The molecular weight excluding hydrogens is 322 g/mol. The molecule has 0 saturated heterocycles. The van der Waals surface area contributed by atoms with Crippen LogP contribution in [0.3, 0.4) is 0 Å². The predicted molar refractivity (Wildman–Crippen MR) is 113 cm³/mol. The predicted octanol–water partition coefficient (Wildman–Crippen LogP) is 6.16. The van der Waals surface area contributed by atoms with Crippen LogP contribution in [0.4, 0.5) is 0 Å². The van der Waals surface area contributed by atoms with E-state index in [1.165, 1.54) is 0 Å². The molecule has 0 aromatic heterocycles. The van der Waals surface area contributed by atoms with Gasteiger partial charge >= 0.3 is 5.97 Å². The SMILES string of the molecule is CCC(C)(CC(C)C)C(OC(=O)CCCN(C)C)C(C)(C)CC(C)(C)C. The molecule has 0 rings (SSSR count). The Bertz CT molecular complexity index is 420. The van der Waals surface area contributed by atoms with E-state index >= 15 is 0 Å². The Morgan fingerprint density at radius 3 is 1.96 bits per heavy atom. The van der Waals surface area contributed by atoms with Crippen molar-refractivity contribution in [1.82, 2.24) is 4.90 Å². The average molecular weight is 370 g/mol. The van der Waals surface area contributed by atoms with Gasteiger partial charge in [0.25, 0.3) is 0 Å². The van der Waals surface area contributed by atoms with Gasteiger partial charge in [0.2, 0.25) is 0 Å². The molecule has 0 fully saturated rings. The van der Waals surface area contributed by atoms with E-state index in [4.69, 9.17) is 4.74 Å². The maximum absolute atomic E-state index is 12.7. The highest BCUT2D eigenvalue weighted by Crippen LogP contribution is 2.48. The maximum Gasteiger partial charge on any atom is 0.306 e. The third-order valence-electron chi connectivity index (χ3n) is 5.25. The molecule has 26 heavy (non-hydrogen) atoms. The molecule has 3 nitrogen and oxygen atoms in total. The largest absolute Gasteiger partial charge is 0.461 e. The van der Waals surface area contributed by atoms with E-state index in [1.54, 1.807) is 0 Å². The normalized spacial score (nSPS) is 16.7. The van der Waals surface area contributed by atoms with Gasteiger partial charge in [0.15, 0.2) is 0 Å². The number of esters is 1. The summed E-state index contributed by atoms with van der Waals surface area (Å²) in [5.41, 5.74) is 0.140. The smallest absolute Gasteiger partial charge is 0.306 e. The van der Waals surface area contributed by atoms with E-state index in [2.05, 4.69) is 67.2 Å². The van der Waals surface area contributed by atoms with Gasteiger partial charge in [-0.3, -0.25) is 4.79 Å². The van der Waals surface area contributed by atoms with Gasteiger partial charge in [-0.25, -0.2) is 0 Å². The fourth-order valence-corrected chi connectivity index (χ4v) is 4.80. The number of rotatable bonds is 11. The Labute approximate surface area is 164 Å². The third-order valence-corrected chi connectivity index (χ3v) is 5.25. The van der Waals surface area contributed by atoms with Crippen molar-refractivity contribution in [3.05, 3.63) is 0 Å². The topological polar surface area (TPSA) is 29.5 Å². The molecule has 0 radical (unpaired) electrons. The van der Waals surface area contributed by atoms with Crippen molar-refractivity contribution >= 4 is 5.97 Å². The number of nitrogens with zero attached hydrogens (tertiary/aromatic N) is 1. The molecule has 0 aromatic carbocycles. The molecule has 156 valence electrons. The first kappa shape index (κ1) is 25.4. The lowest BCUT2D eigenvalue weighted by Gasteiger charge is -2.48. The molecule has 0 bridgehead atoms. The summed E-state index contributed by atoms with van der Waals surface area (Å²) in [6, 6.07) is 0. The van der Waals surface area contributed by atoms with Crippen molar-refractivity contribution in [2.75, 3.05) is 20.6 Å². The van der Waals surface area contributed by atoms with E-state index < -0.39 is 0 Å². The zero-order chi connectivity index (χ0) is 20.8. The Kier molecular flexibility index (Phi) is 9.88. The summed E-state index contributed by atoms with van der Waals surface area (Å²) < 4.78 is 6.24. The molecule has 0 N–H and O–H groups in total. The summed E-state index contributed by atoms with van der Waals surface area (Å²) in [7, 11) is 4.08. The van der Waals surface area contributed by atoms with Crippen LogP contribution in [0, 0.1) is 22.2 Å². The number of hydrogen-bond acceptors (Lipinski definition) is 3. The van der Waals surface area contributed by atoms with Crippen LogP contribution >= 0.6 is 0 Å². The van der Waals surface area contributed by atoms with E-state index in [-0.39, 0.29) is 28.3 Å². The number of hydrogen-bond donors (Lipinski definition) is 0. The molecule has 2 unspecified atom stereocenters. The first-order valence-electron chi connectivity index (χ1n) is 10.5. The highest BCUT2D eigenvalue weighted by molar-refractivity contribution is 5.69. The zero-order valence-electron chi connectivity index (χ0n) is 19.7. The first-order valence-corrected chi connectivity index (χ1v) is 10.5. The average Bonchev–Trinajstić information content (AvgIpc) is 2.40. The molecule has 0 heterocycles. The molecule has 0 aliphatic carbocycles. The number of carbonyl (C=O) groups is 1.